The molecule has 7 rings (SSSR count). The molecule has 2 saturated carbocycles. The van der Waals surface area contributed by atoms with Crippen molar-refractivity contribution in [3.8, 4) is 11.1 Å². The molecule has 176 valence electrons. The molecule has 2 aliphatic carbocycles. The lowest BCUT2D eigenvalue weighted by molar-refractivity contribution is -0.139. The molecule has 7 heteroatoms. The number of pyridine rings is 1. The molecular formula is C28H26N4O3. The van der Waals surface area contributed by atoms with Crippen LogP contribution >= 0.6 is 0 Å². The second kappa shape index (κ2) is 7.46. The third kappa shape index (κ3) is 3.14. The van der Waals surface area contributed by atoms with Crippen LogP contribution in [0.1, 0.15) is 66.2 Å². The van der Waals surface area contributed by atoms with Gasteiger partial charge in [-0.1, -0.05) is 24.3 Å². The molecule has 3 aromatic heterocycles. The number of fused-ring (bicyclic) bond motifs is 3. The van der Waals surface area contributed by atoms with Gasteiger partial charge in [0.05, 0.1) is 23.4 Å². The number of ether oxygens (including phenoxy) is 1. The Morgan fingerprint density at radius 3 is 2.46 bits per heavy atom. The van der Waals surface area contributed by atoms with E-state index in [2.05, 4.69) is 57.8 Å². The first-order valence-corrected chi connectivity index (χ1v) is 12.3. The van der Waals surface area contributed by atoms with Gasteiger partial charge in [0.25, 0.3) is 0 Å². The predicted octanol–water partition coefficient (Wildman–Crippen LogP) is 5.10. The number of carbonyl (C=O) groups is 1. The summed E-state index contributed by atoms with van der Waals surface area (Å²) < 4.78 is 8.53. The van der Waals surface area contributed by atoms with Crippen LogP contribution in [-0.4, -0.2) is 30.4 Å². The predicted molar refractivity (Wildman–Crippen MR) is 129 cm³/mol. The summed E-state index contributed by atoms with van der Waals surface area (Å²) in [5, 5.41) is 9.26. The Labute approximate surface area is 202 Å². The van der Waals surface area contributed by atoms with Crippen molar-refractivity contribution >= 4 is 11.6 Å². The lowest BCUT2D eigenvalue weighted by Gasteiger charge is -2.14. The molecule has 0 bridgehead atoms. The first kappa shape index (κ1) is 20.8. The number of aromatic nitrogens is 4. The molecule has 35 heavy (non-hydrogen) atoms. The van der Waals surface area contributed by atoms with E-state index in [1.54, 1.807) is 0 Å². The number of benzene rings is 1. The van der Waals surface area contributed by atoms with Crippen molar-refractivity contribution < 1.29 is 14.6 Å². The largest absolute Gasteiger partial charge is 0.481 e. The fraction of sp³-hybridized carbons (Fsp3) is 0.357. The van der Waals surface area contributed by atoms with Crippen LogP contribution in [0.2, 0.25) is 0 Å². The van der Waals surface area contributed by atoms with Crippen LogP contribution in [0, 0.1) is 24.7 Å². The third-order valence-electron chi connectivity index (χ3n) is 8.24. The van der Waals surface area contributed by atoms with Gasteiger partial charge < -0.3 is 14.2 Å². The molecule has 4 heterocycles. The number of nitrogens with zero attached hydrogens (tertiary/aromatic N) is 4. The standard InChI is InChI=1S/C28H26N4O3/c1-14-25(26-20-6-4-3-5-19(20)15(2)35-26)32-13-16(7-8-23(32)31-14)18-11-29-27(30-12-18)17-9-21-22(10-17)24(21)28(33)34/h3-8,11-13,15,17,21-22,24,26H,9-10H2,1-2H3,(H,33,34)/t15-,17?,21-,22+,24+,26-/m0/s1. The number of aliphatic carboxylic acids is 1. The van der Waals surface area contributed by atoms with Crippen LogP contribution in [0.15, 0.2) is 55.0 Å². The summed E-state index contributed by atoms with van der Waals surface area (Å²) in [6, 6.07) is 12.5. The second-order valence-electron chi connectivity index (χ2n) is 10.2. The normalized spacial score (nSPS) is 28.7. The van der Waals surface area contributed by atoms with E-state index in [-0.39, 0.29) is 24.0 Å². The summed E-state index contributed by atoms with van der Waals surface area (Å²) in [6.45, 7) is 4.13. The summed E-state index contributed by atoms with van der Waals surface area (Å²) in [7, 11) is 0. The molecule has 0 radical (unpaired) electrons. The SMILES string of the molecule is Cc1nc2ccc(-c3cnc(C4C[C@@H]5[C@H](C4)[C@H]5C(=O)O)nc3)cn2c1[C@H]1O[C@@H](C)c2ccccc21. The summed E-state index contributed by atoms with van der Waals surface area (Å²) in [5.74, 6) is 0.898. The number of hydrogen-bond donors (Lipinski definition) is 1. The average molecular weight is 467 g/mol. The van der Waals surface area contributed by atoms with Crippen LogP contribution in [0.3, 0.4) is 0 Å². The zero-order valence-electron chi connectivity index (χ0n) is 19.6. The van der Waals surface area contributed by atoms with Crippen molar-refractivity contribution in [2.24, 2.45) is 17.8 Å². The lowest BCUT2D eigenvalue weighted by atomic mass is 9.99. The molecule has 7 nitrogen and oxygen atoms in total. The minimum atomic E-state index is -0.653. The van der Waals surface area contributed by atoms with Gasteiger partial charge in [0.2, 0.25) is 0 Å². The smallest absolute Gasteiger partial charge is 0.307 e. The van der Waals surface area contributed by atoms with Gasteiger partial charge in [-0.25, -0.2) is 15.0 Å². The molecule has 1 aromatic carbocycles. The molecule has 1 N–H and O–H groups in total. The van der Waals surface area contributed by atoms with Gasteiger partial charge in [-0.05, 0) is 61.8 Å². The fourth-order valence-corrected chi connectivity index (χ4v) is 6.47. The Balaban J connectivity index is 1.19. The summed E-state index contributed by atoms with van der Waals surface area (Å²) >= 11 is 0. The topological polar surface area (TPSA) is 89.6 Å². The van der Waals surface area contributed by atoms with E-state index in [0.717, 1.165) is 46.8 Å². The Bertz CT molecular complexity index is 1470. The van der Waals surface area contributed by atoms with Gasteiger partial charge in [0.15, 0.2) is 0 Å². The molecule has 0 amide bonds. The molecule has 1 unspecified atom stereocenters. The van der Waals surface area contributed by atoms with Crippen molar-refractivity contribution in [3.63, 3.8) is 0 Å². The number of imidazole rings is 1. The Morgan fingerprint density at radius 1 is 1.03 bits per heavy atom. The average Bonchev–Trinajstić information content (AvgIpc) is 3.12. The molecule has 1 aliphatic heterocycles. The molecule has 3 aliphatic rings. The van der Waals surface area contributed by atoms with Gasteiger partial charge in [-0.3, -0.25) is 4.79 Å². The molecule has 2 fully saturated rings. The minimum Gasteiger partial charge on any atom is -0.481 e. The van der Waals surface area contributed by atoms with Crippen molar-refractivity contribution in [2.75, 3.05) is 0 Å². The van der Waals surface area contributed by atoms with Gasteiger partial charge in [0.1, 0.15) is 17.6 Å². The maximum absolute atomic E-state index is 11.3. The highest BCUT2D eigenvalue weighted by Gasteiger charge is 2.60. The van der Waals surface area contributed by atoms with Crippen molar-refractivity contribution in [2.45, 2.75) is 44.8 Å². The number of aryl methyl sites for hydroxylation is 1. The summed E-state index contributed by atoms with van der Waals surface area (Å²) in [4.78, 5) is 25.4. The maximum atomic E-state index is 11.3. The Morgan fingerprint density at radius 2 is 1.74 bits per heavy atom. The number of rotatable bonds is 4. The summed E-state index contributed by atoms with van der Waals surface area (Å²) in [6.07, 6.45) is 7.51. The van der Waals surface area contributed by atoms with Crippen LogP contribution in [0.25, 0.3) is 16.8 Å². The van der Waals surface area contributed by atoms with E-state index in [1.807, 2.05) is 25.4 Å². The van der Waals surface area contributed by atoms with Gasteiger partial charge in [-0.2, -0.15) is 0 Å². The first-order valence-electron chi connectivity index (χ1n) is 12.3. The van der Waals surface area contributed by atoms with E-state index < -0.39 is 5.97 Å². The Hall–Kier alpha value is -3.58. The zero-order valence-corrected chi connectivity index (χ0v) is 19.6. The second-order valence-corrected chi connectivity index (χ2v) is 10.2. The summed E-state index contributed by atoms with van der Waals surface area (Å²) in [5.41, 5.74) is 7.28. The van der Waals surface area contributed by atoms with Crippen LogP contribution < -0.4 is 0 Å². The highest BCUT2D eigenvalue weighted by molar-refractivity contribution is 5.74. The highest BCUT2D eigenvalue weighted by Crippen LogP contribution is 2.61. The first-order chi connectivity index (χ1) is 17.0. The van der Waals surface area contributed by atoms with Crippen LogP contribution in [0.5, 0.6) is 0 Å². The van der Waals surface area contributed by atoms with Crippen molar-refractivity contribution in [1.29, 1.82) is 0 Å². The van der Waals surface area contributed by atoms with E-state index in [0.29, 0.717) is 11.8 Å². The molecule has 0 spiro atoms. The zero-order chi connectivity index (χ0) is 23.8. The maximum Gasteiger partial charge on any atom is 0.307 e. The highest BCUT2D eigenvalue weighted by atomic mass is 16.5. The Kier molecular flexibility index (Phi) is 4.42. The minimum absolute atomic E-state index is 0.0395. The van der Waals surface area contributed by atoms with E-state index >= 15 is 0 Å². The monoisotopic (exact) mass is 466 g/mol. The van der Waals surface area contributed by atoms with Crippen molar-refractivity contribution in [1.82, 2.24) is 19.4 Å². The van der Waals surface area contributed by atoms with Gasteiger partial charge >= 0.3 is 5.97 Å². The van der Waals surface area contributed by atoms with Crippen molar-refractivity contribution in [3.05, 3.63) is 83.3 Å². The number of carboxylic acids is 1. The van der Waals surface area contributed by atoms with E-state index in [4.69, 9.17) is 9.72 Å². The lowest BCUT2D eigenvalue weighted by Crippen LogP contribution is -2.09. The quantitative estimate of drug-likeness (QED) is 0.450. The molecule has 6 atom stereocenters. The van der Waals surface area contributed by atoms with Gasteiger partial charge in [-0.15, -0.1) is 0 Å². The molecular weight excluding hydrogens is 440 g/mol. The van der Waals surface area contributed by atoms with Gasteiger partial charge in [0, 0.05) is 35.6 Å². The number of carboxylic acid groups (broad SMARTS) is 1. The molecule has 4 aromatic rings. The molecule has 0 saturated heterocycles. The van der Waals surface area contributed by atoms with E-state index in [9.17, 15) is 9.90 Å². The van der Waals surface area contributed by atoms with E-state index in [1.165, 1.54) is 11.1 Å². The van der Waals surface area contributed by atoms with Crippen LogP contribution in [0.4, 0.5) is 0 Å². The third-order valence-corrected chi connectivity index (χ3v) is 8.24. The van der Waals surface area contributed by atoms with Crippen LogP contribution in [-0.2, 0) is 9.53 Å². The number of hydrogen-bond acceptors (Lipinski definition) is 5. The fourth-order valence-electron chi connectivity index (χ4n) is 6.47.